The van der Waals surface area contributed by atoms with Crippen LogP contribution in [0, 0.1) is 6.92 Å². The summed E-state index contributed by atoms with van der Waals surface area (Å²) in [5.74, 6) is -0.580. The van der Waals surface area contributed by atoms with E-state index in [1.807, 2.05) is 0 Å². The minimum atomic E-state index is -0.625. The average molecular weight is 312 g/mol. The number of hydrogen-bond donors (Lipinski definition) is 0. The van der Waals surface area contributed by atoms with Crippen molar-refractivity contribution >= 4 is 22.6 Å². The van der Waals surface area contributed by atoms with Crippen molar-refractivity contribution in [2.45, 2.75) is 19.9 Å². The molecule has 0 aromatic carbocycles. The Bertz CT molecular complexity index is 383. The molecular formula is C8H10FIN2O2. The number of allylic oxidation sites excluding steroid dienone is 2. The molecule has 0 radical (unpaired) electrons. The summed E-state index contributed by atoms with van der Waals surface area (Å²) in [6.07, 6.45) is 2.12. The third kappa shape index (κ3) is 2.93. The van der Waals surface area contributed by atoms with Crippen molar-refractivity contribution in [3.05, 3.63) is 28.3 Å². The van der Waals surface area contributed by atoms with Crippen LogP contribution < -0.4 is 5.76 Å². The highest BCUT2D eigenvalue weighted by atomic mass is 127. The molecule has 0 fully saturated rings. The number of nitrogens with zero attached hydrogens (tertiary/aromatic N) is 2. The molecule has 1 aromatic heterocycles. The number of rotatable bonds is 4. The summed E-state index contributed by atoms with van der Waals surface area (Å²) < 4.78 is 19.5. The largest absolute Gasteiger partial charge is 0.441 e. The Kier molecular flexibility index (Phi) is 4.30. The van der Waals surface area contributed by atoms with Gasteiger partial charge in [0.2, 0.25) is 0 Å². The van der Waals surface area contributed by atoms with E-state index in [-0.39, 0.29) is 12.4 Å². The summed E-state index contributed by atoms with van der Waals surface area (Å²) in [5.41, 5.74) is 0. The third-order valence-corrected chi connectivity index (χ3v) is 2.27. The van der Waals surface area contributed by atoms with Crippen LogP contribution in [0.1, 0.15) is 12.2 Å². The lowest BCUT2D eigenvalue weighted by Crippen LogP contribution is -2.16. The minimum absolute atomic E-state index is 0.0925. The lowest BCUT2D eigenvalue weighted by molar-refractivity contribution is 0.373. The summed E-state index contributed by atoms with van der Waals surface area (Å²) in [5, 5.41) is 3.43. The number of aromatic nitrogens is 2. The van der Waals surface area contributed by atoms with E-state index in [0.29, 0.717) is 12.2 Å². The summed E-state index contributed by atoms with van der Waals surface area (Å²) in [6, 6.07) is 0. The fourth-order valence-corrected chi connectivity index (χ4v) is 1.25. The Balaban J connectivity index is 2.74. The van der Waals surface area contributed by atoms with Crippen LogP contribution in [0.2, 0.25) is 0 Å². The zero-order valence-electron chi connectivity index (χ0n) is 7.67. The Hall–Kier alpha value is -0.660. The zero-order valence-corrected chi connectivity index (χ0v) is 9.82. The summed E-state index contributed by atoms with van der Waals surface area (Å²) in [6.45, 7) is 1.50. The molecule has 0 saturated heterocycles. The van der Waals surface area contributed by atoms with E-state index >= 15 is 0 Å². The number of hydrogen-bond acceptors (Lipinski definition) is 3. The smallest absolute Gasteiger partial charge is 0.296 e. The van der Waals surface area contributed by atoms with Gasteiger partial charge >= 0.3 is 5.76 Å². The Morgan fingerprint density at radius 1 is 1.79 bits per heavy atom. The molecule has 1 aromatic rings. The number of alkyl halides is 1. The molecule has 0 unspecified atom stereocenters. The van der Waals surface area contributed by atoms with Gasteiger partial charge in [0, 0.05) is 4.43 Å². The van der Waals surface area contributed by atoms with Crippen molar-refractivity contribution in [2.24, 2.45) is 0 Å². The fraction of sp³-hybridized carbons (Fsp3) is 0.500. The van der Waals surface area contributed by atoms with Crippen LogP contribution in [0.4, 0.5) is 4.39 Å². The van der Waals surface area contributed by atoms with Gasteiger partial charge in [-0.3, -0.25) is 9.09 Å². The first-order chi connectivity index (χ1) is 6.65. The summed E-state index contributed by atoms with van der Waals surface area (Å²) in [7, 11) is 0. The Morgan fingerprint density at radius 2 is 2.50 bits per heavy atom. The molecule has 14 heavy (non-hydrogen) atoms. The van der Waals surface area contributed by atoms with Crippen LogP contribution in [-0.4, -0.2) is 14.2 Å². The van der Waals surface area contributed by atoms with E-state index in [9.17, 15) is 9.18 Å². The Labute approximate surface area is 93.9 Å². The maximum absolute atomic E-state index is 13.1. The first-order valence-corrected chi connectivity index (χ1v) is 5.61. The van der Waals surface area contributed by atoms with Crippen LogP contribution in [0.5, 0.6) is 0 Å². The van der Waals surface area contributed by atoms with Crippen molar-refractivity contribution in [3.8, 4) is 0 Å². The van der Waals surface area contributed by atoms with Gasteiger partial charge in [0.15, 0.2) is 5.82 Å². The van der Waals surface area contributed by atoms with E-state index in [1.54, 1.807) is 6.92 Å². The quantitative estimate of drug-likeness (QED) is 0.629. The highest BCUT2D eigenvalue weighted by Gasteiger charge is 2.07. The fourth-order valence-electron chi connectivity index (χ4n) is 0.942. The van der Waals surface area contributed by atoms with E-state index < -0.39 is 5.76 Å². The van der Waals surface area contributed by atoms with E-state index in [2.05, 4.69) is 32.3 Å². The van der Waals surface area contributed by atoms with Crippen LogP contribution in [0.3, 0.4) is 0 Å². The first-order valence-electron chi connectivity index (χ1n) is 4.08. The molecule has 0 atom stereocenters. The minimum Gasteiger partial charge on any atom is -0.296 e. The molecule has 1 rings (SSSR count). The van der Waals surface area contributed by atoms with Crippen LogP contribution in [0.25, 0.3) is 0 Å². The maximum atomic E-state index is 13.1. The van der Waals surface area contributed by atoms with Crippen LogP contribution in [-0.2, 0) is 6.54 Å². The zero-order chi connectivity index (χ0) is 10.6. The van der Waals surface area contributed by atoms with Crippen molar-refractivity contribution in [3.63, 3.8) is 0 Å². The lowest BCUT2D eigenvalue weighted by atomic mass is 10.4. The molecule has 0 amide bonds. The van der Waals surface area contributed by atoms with Crippen molar-refractivity contribution < 1.29 is 8.91 Å². The van der Waals surface area contributed by atoms with Gasteiger partial charge in [-0.1, -0.05) is 33.8 Å². The molecule has 0 saturated carbocycles. The van der Waals surface area contributed by atoms with Gasteiger partial charge in [-0.2, -0.15) is 0 Å². The second kappa shape index (κ2) is 5.28. The topological polar surface area (TPSA) is 48.0 Å². The second-order valence-corrected chi connectivity index (χ2v) is 3.79. The van der Waals surface area contributed by atoms with Gasteiger partial charge in [0.1, 0.15) is 5.83 Å². The summed E-state index contributed by atoms with van der Waals surface area (Å²) >= 11 is 2.15. The van der Waals surface area contributed by atoms with Crippen LogP contribution >= 0.6 is 22.6 Å². The molecule has 78 valence electrons. The molecule has 6 heteroatoms. The molecule has 0 spiro atoms. The van der Waals surface area contributed by atoms with Gasteiger partial charge < -0.3 is 0 Å². The van der Waals surface area contributed by atoms with Crippen molar-refractivity contribution in [2.75, 3.05) is 4.43 Å². The second-order valence-electron chi connectivity index (χ2n) is 2.71. The molecular weight excluding hydrogens is 302 g/mol. The molecule has 0 aliphatic carbocycles. The highest BCUT2D eigenvalue weighted by molar-refractivity contribution is 14.1. The number of aryl methyl sites for hydroxylation is 1. The van der Waals surface area contributed by atoms with Crippen molar-refractivity contribution in [1.29, 1.82) is 0 Å². The average Bonchev–Trinajstić information content (AvgIpc) is 2.46. The normalized spacial score (nSPS) is 12.1. The van der Waals surface area contributed by atoms with Crippen LogP contribution in [0.15, 0.2) is 21.2 Å². The number of halogens is 2. The standard InChI is InChI=1S/C8H10FIN2O2/c1-6-11-14-8(13)12(6)5-7(9)3-2-4-10/h3H,2,4-5H2,1H3/b7-3-. The van der Waals surface area contributed by atoms with Crippen molar-refractivity contribution in [1.82, 2.24) is 9.72 Å². The predicted molar refractivity (Wildman–Crippen MR) is 58.2 cm³/mol. The molecule has 4 nitrogen and oxygen atoms in total. The van der Waals surface area contributed by atoms with E-state index in [0.717, 1.165) is 8.99 Å². The molecule has 0 aliphatic heterocycles. The molecule has 0 N–H and O–H groups in total. The molecule has 0 bridgehead atoms. The SMILES string of the molecule is Cc1noc(=O)n1C/C(F)=C/CCI. The van der Waals surface area contributed by atoms with Gasteiger partial charge in [0.05, 0.1) is 6.54 Å². The predicted octanol–water partition coefficient (Wildman–Crippen LogP) is 1.82. The van der Waals surface area contributed by atoms with E-state index in [4.69, 9.17) is 0 Å². The van der Waals surface area contributed by atoms with Gasteiger partial charge in [-0.05, 0) is 13.3 Å². The monoisotopic (exact) mass is 312 g/mol. The van der Waals surface area contributed by atoms with Gasteiger partial charge in [0.25, 0.3) is 0 Å². The van der Waals surface area contributed by atoms with E-state index in [1.165, 1.54) is 6.08 Å². The summed E-state index contributed by atoms with van der Waals surface area (Å²) in [4.78, 5) is 11.0. The third-order valence-electron chi connectivity index (χ3n) is 1.65. The first kappa shape index (κ1) is 11.4. The lowest BCUT2D eigenvalue weighted by Gasteiger charge is -1.98. The highest BCUT2D eigenvalue weighted by Crippen LogP contribution is 2.04. The van der Waals surface area contributed by atoms with Gasteiger partial charge in [-0.25, -0.2) is 9.18 Å². The van der Waals surface area contributed by atoms with Gasteiger partial charge in [-0.15, -0.1) is 0 Å². The molecule has 0 aliphatic rings. The molecule has 1 heterocycles. The maximum Gasteiger partial charge on any atom is 0.441 e. The Morgan fingerprint density at radius 3 is 3.00 bits per heavy atom.